The van der Waals surface area contributed by atoms with Crippen molar-refractivity contribution in [1.29, 1.82) is 0 Å². The Morgan fingerprint density at radius 1 is 1.09 bits per heavy atom. The molecule has 3 heterocycles. The molecule has 178 valence electrons. The summed E-state index contributed by atoms with van der Waals surface area (Å²) in [6.07, 6.45) is 10.0. The van der Waals surface area contributed by atoms with Crippen molar-refractivity contribution in [3.8, 4) is 0 Å². The quantitative estimate of drug-likeness (QED) is 0.433. The number of pyridine rings is 1. The van der Waals surface area contributed by atoms with E-state index >= 15 is 0 Å². The summed E-state index contributed by atoms with van der Waals surface area (Å²) in [7, 11) is 0. The van der Waals surface area contributed by atoms with Gasteiger partial charge in [-0.15, -0.1) is 11.3 Å². The first-order valence-electron chi connectivity index (χ1n) is 11.5. The lowest BCUT2D eigenvalue weighted by molar-refractivity contribution is -0.125. The first-order valence-corrected chi connectivity index (χ1v) is 12.3. The lowest BCUT2D eigenvalue weighted by Crippen LogP contribution is -2.46. The van der Waals surface area contributed by atoms with Crippen LogP contribution in [-0.2, 0) is 9.59 Å². The molecule has 2 atom stereocenters. The summed E-state index contributed by atoms with van der Waals surface area (Å²) >= 11 is 1.46. The summed E-state index contributed by atoms with van der Waals surface area (Å²) in [5.74, 6) is -1.57. The van der Waals surface area contributed by atoms with E-state index in [0.29, 0.717) is 5.56 Å². The van der Waals surface area contributed by atoms with Gasteiger partial charge in [-0.2, -0.15) is 0 Å². The first-order chi connectivity index (χ1) is 16.6. The maximum absolute atomic E-state index is 13.6. The summed E-state index contributed by atoms with van der Waals surface area (Å²) in [6, 6.07) is 10.1. The van der Waals surface area contributed by atoms with Gasteiger partial charge in [0, 0.05) is 23.3 Å². The highest BCUT2D eigenvalue weighted by molar-refractivity contribution is 7.10. The molecular formula is C25H28N4O4S. The number of hydrogen-bond acceptors (Lipinski definition) is 6. The average molecular weight is 481 g/mol. The van der Waals surface area contributed by atoms with Crippen LogP contribution in [0.4, 0.5) is 0 Å². The molecule has 3 aromatic rings. The highest BCUT2D eigenvalue weighted by atomic mass is 32.1. The maximum Gasteiger partial charge on any atom is 0.287 e. The zero-order valence-electron chi connectivity index (χ0n) is 18.7. The molecule has 9 heteroatoms. The largest absolute Gasteiger partial charge is 0.459 e. The van der Waals surface area contributed by atoms with E-state index < -0.39 is 23.8 Å². The van der Waals surface area contributed by atoms with Gasteiger partial charge >= 0.3 is 0 Å². The van der Waals surface area contributed by atoms with Crippen LogP contribution in [-0.4, -0.2) is 35.3 Å². The fourth-order valence-electron chi connectivity index (χ4n) is 4.26. The molecule has 3 N–H and O–H groups in total. The molecule has 0 aliphatic heterocycles. The van der Waals surface area contributed by atoms with E-state index in [0.717, 1.165) is 30.6 Å². The Labute approximate surface area is 202 Å². The third-order valence-corrected chi connectivity index (χ3v) is 6.89. The number of rotatable bonds is 9. The van der Waals surface area contributed by atoms with Gasteiger partial charge in [-0.1, -0.05) is 31.4 Å². The molecule has 1 aliphatic rings. The number of furan rings is 1. The molecule has 1 aliphatic carbocycles. The number of amides is 3. The summed E-state index contributed by atoms with van der Waals surface area (Å²) < 4.78 is 5.07. The van der Waals surface area contributed by atoms with Gasteiger partial charge in [0.15, 0.2) is 5.76 Å². The summed E-state index contributed by atoms with van der Waals surface area (Å²) in [5.41, 5.74) is 0.717. The SMILES string of the molecule is O=C(CNC(=O)c1ccco1)NC(c1cccs1)C(C(=O)NC1CCCCC1)c1cccnc1. The van der Waals surface area contributed by atoms with Crippen LogP contribution in [0.3, 0.4) is 0 Å². The molecule has 8 nitrogen and oxygen atoms in total. The average Bonchev–Trinajstić information content (AvgIpc) is 3.58. The minimum Gasteiger partial charge on any atom is -0.459 e. The zero-order chi connectivity index (χ0) is 23.8. The molecule has 2 unspecified atom stereocenters. The molecule has 0 spiro atoms. The highest BCUT2D eigenvalue weighted by Crippen LogP contribution is 2.34. The number of hydrogen-bond donors (Lipinski definition) is 3. The van der Waals surface area contributed by atoms with Gasteiger partial charge in [-0.25, -0.2) is 0 Å². The fraction of sp³-hybridized carbons (Fsp3) is 0.360. The maximum atomic E-state index is 13.6. The second kappa shape index (κ2) is 11.6. The molecule has 0 radical (unpaired) electrons. The van der Waals surface area contributed by atoms with Crippen LogP contribution in [0.15, 0.2) is 64.9 Å². The molecule has 34 heavy (non-hydrogen) atoms. The number of carbonyl (C=O) groups is 3. The van der Waals surface area contributed by atoms with E-state index in [4.69, 9.17) is 4.42 Å². The second-order valence-electron chi connectivity index (χ2n) is 8.33. The molecule has 4 rings (SSSR count). The number of thiophene rings is 1. The van der Waals surface area contributed by atoms with Crippen LogP contribution < -0.4 is 16.0 Å². The molecule has 0 aromatic carbocycles. The van der Waals surface area contributed by atoms with Crippen molar-refractivity contribution in [2.24, 2.45) is 0 Å². The van der Waals surface area contributed by atoms with Crippen molar-refractivity contribution in [1.82, 2.24) is 20.9 Å². The van der Waals surface area contributed by atoms with Crippen LogP contribution in [0.2, 0.25) is 0 Å². The number of nitrogens with zero attached hydrogens (tertiary/aromatic N) is 1. The van der Waals surface area contributed by atoms with Crippen LogP contribution in [0, 0.1) is 0 Å². The van der Waals surface area contributed by atoms with Gasteiger partial charge in [0.25, 0.3) is 5.91 Å². The Morgan fingerprint density at radius 2 is 1.94 bits per heavy atom. The van der Waals surface area contributed by atoms with Gasteiger partial charge < -0.3 is 20.4 Å². The Kier molecular flexibility index (Phi) is 8.08. The molecule has 0 saturated heterocycles. The normalized spacial score (nSPS) is 15.8. The summed E-state index contributed by atoms with van der Waals surface area (Å²) in [5, 5.41) is 10.6. The molecule has 3 aromatic heterocycles. The Hall–Kier alpha value is -3.46. The van der Waals surface area contributed by atoms with Crippen LogP contribution >= 0.6 is 11.3 Å². The molecule has 1 fully saturated rings. The third kappa shape index (κ3) is 6.11. The lowest BCUT2D eigenvalue weighted by atomic mass is 9.88. The predicted octanol–water partition coefficient (Wildman–Crippen LogP) is 3.56. The smallest absolute Gasteiger partial charge is 0.287 e. The topological polar surface area (TPSA) is 113 Å². The lowest BCUT2D eigenvalue weighted by Gasteiger charge is -2.30. The molecule has 1 saturated carbocycles. The standard InChI is InChI=1S/C25H28N4O4S/c30-21(16-27-24(31)19-10-5-13-33-19)29-23(20-11-6-14-34-20)22(17-7-4-12-26-15-17)25(32)28-18-8-2-1-3-9-18/h4-7,10-15,18,22-23H,1-3,8-9,16H2,(H,27,31)(H,28,32)(H,29,30). The van der Waals surface area contributed by atoms with Gasteiger partial charge in [-0.3, -0.25) is 19.4 Å². The van der Waals surface area contributed by atoms with E-state index in [-0.39, 0.29) is 24.3 Å². The predicted molar refractivity (Wildman–Crippen MR) is 128 cm³/mol. The van der Waals surface area contributed by atoms with E-state index in [2.05, 4.69) is 20.9 Å². The molecule has 3 amide bonds. The van der Waals surface area contributed by atoms with E-state index in [1.165, 1.54) is 30.1 Å². The van der Waals surface area contributed by atoms with Gasteiger partial charge in [0.1, 0.15) is 0 Å². The van der Waals surface area contributed by atoms with Crippen molar-refractivity contribution in [3.63, 3.8) is 0 Å². The summed E-state index contributed by atoms with van der Waals surface area (Å²) in [6.45, 7) is -0.245. The van der Waals surface area contributed by atoms with Crippen LogP contribution in [0.5, 0.6) is 0 Å². The van der Waals surface area contributed by atoms with Crippen LogP contribution in [0.25, 0.3) is 0 Å². The first kappa shape index (κ1) is 23.7. The van der Waals surface area contributed by atoms with Crippen molar-refractivity contribution in [3.05, 3.63) is 76.6 Å². The number of carbonyl (C=O) groups excluding carboxylic acids is 3. The monoisotopic (exact) mass is 480 g/mol. The Balaban J connectivity index is 1.53. The van der Waals surface area contributed by atoms with Crippen molar-refractivity contribution < 1.29 is 18.8 Å². The molecule has 0 bridgehead atoms. The minimum absolute atomic E-state index is 0.128. The summed E-state index contributed by atoms with van der Waals surface area (Å²) in [4.78, 5) is 43.7. The van der Waals surface area contributed by atoms with Crippen molar-refractivity contribution in [2.45, 2.75) is 50.1 Å². The fourth-order valence-corrected chi connectivity index (χ4v) is 5.07. The Bertz CT molecular complexity index is 1060. The highest BCUT2D eigenvalue weighted by Gasteiger charge is 2.34. The number of nitrogens with one attached hydrogen (secondary N) is 3. The molecular weight excluding hydrogens is 452 g/mol. The van der Waals surface area contributed by atoms with Gasteiger partial charge in [-0.05, 0) is 48.1 Å². The van der Waals surface area contributed by atoms with Crippen molar-refractivity contribution >= 4 is 29.1 Å². The van der Waals surface area contributed by atoms with Gasteiger partial charge in [0.05, 0.1) is 24.8 Å². The van der Waals surface area contributed by atoms with Crippen LogP contribution in [0.1, 0.15) is 65.1 Å². The third-order valence-electron chi connectivity index (χ3n) is 5.93. The van der Waals surface area contributed by atoms with E-state index in [1.807, 2.05) is 23.6 Å². The van der Waals surface area contributed by atoms with E-state index in [9.17, 15) is 14.4 Å². The Morgan fingerprint density at radius 3 is 2.62 bits per heavy atom. The minimum atomic E-state index is -0.668. The second-order valence-corrected chi connectivity index (χ2v) is 9.31. The number of aromatic nitrogens is 1. The van der Waals surface area contributed by atoms with Crippen molar-refractivity contribution in [2.75, 3.05) is 6.54 Å². The van der Waals surface area contributed by atoms with Gasteiger partial charge in [0.2, 0.25) is 11.8 Å². The van der Waals surface area contributed by atoms with E-state index in [1.54, 1.807) is 24.5 Å². The zero-order valence-corrected chi connectivity index (χ0v) is 19.6.